The third-order valence-electron chi connectivity index (χ3n) is 6.73. The number of carbonyl (C=O) groups excluding carboxylic acids is 2. The van der Waals surface area contributed by atoms with Gasteiger partial charge in [0.25, 0.3) is 5.91 Å². The van der Waals surface area contributed by atoms with Crippen molar-refractivity contribution in [2.45, 2.75) is 49.8 Å². The van der Waals surface area contributed by atoms with Crippen molar-refractivity contribution in [2.24, 2.45) is 18.7 Å². The number of nitrogens with one attached hydrogen (secondary N) is 2. The van der Waals surface area contributed by atoms with Gasteiger partial charge < -0.3 is 21.1 Å². The number of ether oxygens (including phenoxy) is 1. The Labute approximate surface area is 214 Å². The lowest BCUT2D eigenvalue weighted by atomic mass is 10.2. The summed E-state index contributed by atoms with van der Waals surface area (Å²) in [4.78, 5) is 33.1. The van der Waals surface area contributed by atoms with Crippen LogP contribution in [0.5, 0.6) is 5.75 Å². The van der Waals surface area contributed by atoms with E-state index in [9.17, 15) is 9.59 Å². The van der Waals surface area contributed by atoms with Gasteiger partial charge >= 0.3 is 0 Å². The molecule has 0 bridgehead atoms. The summed E-state index contributed by atoms with van der Waals surface area (Å²) in [6.07, 6.45) is 8.33. The highest BCUT2D eigenvalue weighted by Gasteiger charge is 2.43. The first-order valence-corrected chi connectivity index (χ1v) is 13.9. The highest BCUT2D eigenvalue weighted by Crippen LogP contribution is 2.63. The zero-order valence-electron chi connectivity index (χ0n) is 20.6. The van der Waals surface area contributed by atoms with E-state index in [0.717, 1.165) is 24.2 Å². The van der Waals surface area contributed by atoms with Crippen LogP contribution in [0.1, 0.15) is 49.0 Å². The van der Waals surface area contributed by atoms with Crippen molar-refractivity contribution in [3.8, 4) is 17.1 Å². The summed E-state index contributed by atoms with van der Waals surface area (Å²) in [6, 6.07) is 3.64. The number of nitrogens with zero attached hydrogens (tertiary/aromatic N) is 6. The minimum Gasteiger partial charge on any atom is -0.491 e. The number of methoxy groups -OCH3 is 1. The lowest BCUT2D eigenvalue weighted by molar-refractivity contribution is -0.117. The number of aryl methyl sites for hydroxylation is 1. The maximum absolute atomic E-state index is 12.2. The van der Waals surface area contributed by atoms with E-state index in [1.807, 2.05) is 11.7 Å². The fraction of sp³-hybridized carbons (Fsp3) is 0.458. The van der Waals surface area contributed by atoms with E-state index in [4.69, 9.17) is 15.6 Å². The van der Waals surface area contributed by atoms with E-state index in [1.165, 1.54) is 50.6 Å². The van der Waals surface area contributed by atoms with Crippen molar-refractivity contribution in [3.05, 3.63) is 24.2 Å². The Morgan fingerprint density at radius 3 is 2.43 bits per heavy atom. The molecule has 192 valence electrons. The van der Waals surface area contributed by atoms with Crippen molar-refractivity contribution >= 4 is 42.5 Å². The van der Waals surface area contributed by atoms with E-state index in [1.54, 1.807) is 0 Å². The number of primary amides is 1. The Bertz CT molecular complexity index is 1370. The Morgan fingerprint density at radius 1 is 1.08 bits per heavy atom. The van der Waals surface area contributed by atoms with E-state index >= 15 is 0 Å². The molecule has 3 heterocycles. The molecular formula is C24H28N9O3P. The highest BCUT2D eigenvalue weighted by molar-refractivity contribution is 7.67. The molecule has 3 aromatic rings. The number of rotatable bonds is 10. The van der Waals surface area contributed by atoms with Crippen LogP contribution in [-0.2, 0) is 11.8 Å². The molecule has 13 heteroatoms. The average Bonchev–Trinajstić information content (AvgIpc) is 3.73. The summed E-state index contributed by atoms with van der Waals surface area (Å²) in [5.74, 6) is -0.0295. The highest BCUT2D eigenvalue weighted by atomic mass is 31.1. The van der Waals surface area contributed by atoms with Gasteiger partial charge in [0, 0.05) is 19.0 Å². The van der Waals surface area contributed by atoms with Gasteiger partial charge in [-0.05, 0) is 63.8 Å². The Balaban J connectivity index is 1.33. The molecule has 3 aliphatic rings. The number of nitrogens with two attached hydrogens (primary N) is 1. The smallest absolute Gasteiger partial charge is 0.271 e. The van der Waals surface area contributed by atoms with Crippen molar-refractivity contribution in [1.82, 2.24) is 29.9 Å². The Hall–Kier alpha value is -3.66. The fourth-order valence-corrected chi connectivity index (χ4v) is 7.87. The molecule has 0 spiro atoms. The first-order valence-electron chi connectivity index (χ1n) is 12.4. The molecule has 3 aromatic heterocycles. The van der Waals surface area contributed by atoms with Crippen LogP contribution >= 0.6 is 7.92 Å². The number of amides is 2. The molecule has 3 fully saturated rings. The number of anilines is 3. The molecule has 3 saturated carbocycles. The molecule has 2 amide bonds. The van der Waals surface area contributed by atoms with Gasteiger partial charge in [0.05, 0.1) is 18.2 Å². The van der Waals surface area contributed by atoms with Gasteiger partial charge in [0.2, 0.25) is 5.91 Å². The number of aromatic nitrogens is 6. The molecule has 6 rings (SSSR count). The predicted molar refractivity (Wildman–Crippen MR) is 139 cm³/mol. The quantitative estimate of drug-likeness (QED) is 0.340. The van der Waals surface area contributed by atoms with Crippen LogP contribution in [0, 0.1) is 5.92 Å². The largest absolute Gasteiger partial charge is 0.491 e. The SMILES string of the molecule is COc1c(Nc2cc(NC(=O)C3CC3)nnc2C(N)=O)ncnc1-c1cc(P(C2CC2)C2CC2)n(C)n1. The van der Waals surface area contributed by atoms with Crippen LogP contribution in [0.25, 0.3) is 11.4 Å². The molecule has 0 aromatic carbocycles. The number of hydrogen-bond donors (Lipinski definition) is 3. The van der Waals surface area contributed by atoms with Gasteiger partial charge in [-0.1, -0.05) is 0 Å². The Kier molecular flexibility index (Phi) is 5.98. The lowest BCUT2D eigenvalue weighted by Gasteiger charge is -2.16. The minimum absolute atomic E-state index is 0.0114. The second-order valence-corrected chi connectivity index (χ2v) is 12.5. The van der Waals surface area contributed by atoms with Gasteiger partial charge in [-0.15, -0.1) is 10.2 Å². The summed E-state index contributed by atoms with van der Waals surface area (Å²) in [6.45, 7) is 0. The van der Waals surface area contributed by atoms with Crippen molar-refractivity contribution in [3.63, 3.8) is 0 Å². The first kappa shape index (κ1) is 23.7. The topological polar surface area (TPSA) is 163 Å². The number of carbonyl (C=O) groups is 2. The van der Waals surface area contributed by atoms with Crippen LogP contribution in [-0.4, -0.2) is 60.2 Å². The third-order valence-corrected chi connectivity index (χ3v) is 10.3. The molecule has 0 atom stereocenters. The van der Waals surface area contributed by atoms with E-state index in [0.29, 0.717) is 23.0 Å². The van der Waals surface area contributed by atoms with Gasteiger partial charge in [0.15, 0.2) is 23.1 Å². The standard InChI is InChI=1S/C24H28N9O3P/c1-33-18(37(13-5-6-13)14-7-8-14)10-16(32-33)19-21(36-2)23(27-11-26-19)28-15-9-17(29-24(35)12-3-4-12)30-31-20(15)22(25)34/h9-14H,3-8H2,1-2H3,(H2,25,34)(H2,26,27,28,29,30,35). The molecule has 0 radical (unpaired) electrons. The summed E-state index contributed by atoms with van der Waals surface area (Å²) in [7, 11) is 3.29. The normalized spacial score (nSPS) is 17.1. The summed E-state index contributed by atoms with van der Waals surface area (Å²) in [5, 5.41) is 18.4. The van der Waals surface area contributed by atoms with Crippen molar-refractivity contribution < 1.29 is 14.3 Å². The minimum atomic E-state index is -0.772. The molecule has 4 N–H and O–H groups in total. The maximum atomic E-state index is 12.2. The molecular weight excluding hydrogens is 493 g/mol. The van der Waals surface area contributed by atoms with E-state index in [-0.39, 0.29) is 36.9 Å². The second kappa shape index (κ2) is 9.33. The third kappa shape index (κ3) is 4.85. The average molecular weight is 522 g/mol. The molecule has 0 unspecified atom stereocenters. The van der Waals surface area contributed by atoms with Gasteiger partial charge in [-0.3, -0.25) is 14.3 Å². The zero-order valence-corrected chi connectivity index (χ0v) is 21.5. The van der Waals surface area contributed by atoms with Crippen LogP contribution < -0.4 is 26.5 Å². The molecule has 0 aliphatic heterocycles. The predicted octanol–water partition coefficient (Wildman–Crippen LogP) is 2.30. The monoisotopic (exact) mass is 521 g/mol. The van der Waals surface area contributed by atoms with Crippen LogP contribution in [0.15, 0.2) is 18.5 Å². The van der Waals surface area contributed by atoms with Crippen LogP contribution in [0.4, 0.5) is 17.3 Å². The Morgan fingerprint density at radius 2 is 1.81 bits per heavy atom. The zero-order chi connectivity index (χ0) is 25.7. The van der Waals surface area contributed by atoms with Crippen molar-refractivity contribution in [2.75, 3.05) is 17.7 Å². The van der Waals surface area contributed by atoms with Gasteiger partial charge in [-0.25, -0.2) is 9.97 Å². The first-order chi connectivity index (χ1) is 17.9. The second-order valence-electron chi connectivity index (χ2n) is 9.73. The summed E-state index contributed by atoms with van der Waals surface area (Å²) >= 11 is 0. The maximum Gasteiger partial charge on any atom is 0.271 e. The summed E-state index contributed by atoms with van der Waals surface area (Å²) in [5.41, 5.74) is 9.81. The van der Waals surface area contributed by atoms with E-state index in [2.05, 4.69) is 36.9 Å². The molecule has 12 nitrogen and oxygen atoms in total. The summed E-state index contributed by atoms with van der Waals surface area (Å²) < 4.78 is 7.70. The number of hydrogen-bond acceptors (Lipinski definition) is 9. The lowest BCUT2D eigenvalue weighted by Crippen LogP contribution is -2.19. The van der Waals surface area contributed by atoms with Crippen molar-refractivity contribution in [1.29, 1.82) is 0 Å². The molecule has 37 heavy (non-hydrogen) atoms. The van der Waals surface area contributed by atoms with Crippen LogP contribution in [0.3, 0.4) is 0 Å². The molecule has 0 saturated heterocycles. The van der Waals surface area contributed by atoms with Crippen LogP contribution in [0.2, 0.25) is 0 Å². The fourth-order valence-electron chi connectivity index (χ4n) is 4.46. The van der Waals surface area contributed by atoms with Gasteiger partial charge in [-0.2, -0.15) is 5.10 Å². The van der Waals surface area contributed by atoms with Gasteiger partial charge in [0.1, 0.15) is 17.7 Å². The molecule has 3 aliphatic carbocycles. The van der Waals surface area contributed by atoms with E-state index < -0.39 is 5.91 Å².